The van der Waals surface area contributed by atoms with Gasteiger partial charge in [-0.3, -0.25) is 4.79 Å². The van der Waals surface area contributed by atoms with E-state index in [1.165, 1.54) is 16.9 Å². The predicted molar refractivity (Wildman–Crippen MR) is 79.9 cm³/mol. The number of anilines is 1. The van der Waals surface area contributed by atoms with Crippen LogP contribution in [0.2, 0.25) is 0 Å². The number of nitrogens with one attached hydrogen (secondary N) is 1. The lowest BCUT2D eigenvalue weighted by Gasteiger charge is -2.01. The summed E-state index contributed by atoms with van der Waals surface area (Å²) in [6.07, 6.45) is 1.19. The lowest BCUT2D eigenvalue weighted by Crippen LogP contribution is -2.06. The summed E-state index contributed by atoms with van der Waals surface area (Å²) in [5, 5.41) is 6.17. The molecular weight excluding hydrogens is 280 g/mol. The first-order valence-electron chi connectivity index (χ1n) is 6.02. The second kappa shape index (κ2) is 6.68. The number of rotatable bonds is 6. The molecule has 0 spiro atoms. The Hall–Kier alpha value is -1.40. The van der Waals surface area contributed by atoms with Gasteiger partial charge in [-0.1, -0.05) is 0 Å². The summed E-state index contributed by atoms with van der Waals surface area (Å²) in [4.78, 5) is 18.0. The number of aromatic nitrogens is 1. The van der Waals surface area contributed by atoms with Gasteiger partial charge in [-0.05, 0) is 25.5 Å². The van der Waals surface area contributed by atoms with Crippen LogP contribution < -0.4 is 5.32 Å². The van der Waals surface area contributed by atoms with Gasteiger partial charge in [0.1, 0.15) is 0 Å². The third-order valence-electron chi connectivity index (χ3n) is 2.56. The molecule has 0 saturated carbocycles. The molecular formula is C13H16N2O2S2. The standard InChI is InChI=1S/C13H16N2O2S2/c1-9-5-6-11(19-9)10-8-18-13(15-10)14-7-3-4-12(16)17-2/h5-6,8H,3-4,7H2,1-2H3,(H,14,15). The van der Waals surface area contributed by atoms with E-state index >= 15 is 0 Å². The number of thiophene rings is 1. The molecule has 6 heteroatoms. The molecule has 19 heavy (non-hydrogen) atoms. The molecule has 2 heterocycles. The van der Waals surface area contributed by atoms with Crippen molar-refractivity contribution < 1.29 is 9.53 Å². The fourth-order valence-electron chi connectivity index (χ4n) is 1.57. The van der Waals surface area contributed by atoms with Crippen LogP contribution in [0.4, 0.5) is 5.13 Å². The largest absolute Gasteiger partial charge is 0.469 e. The Kier molecular flexibility index (Phi) is 4.93. The van der Waals surface area contributed by atoms with Gasteiger partial charge in [0.25, 0.3) is 0 Å². The molecule has 2 aromatic heterocycles. The van der Waals surface area contributed by atoms with Gasteiger partial charge in [0.05, 0.1) is 17.7 Å². The van der Waals surface area contributed by atoms with Crippen molar-refractivity contribution in [1.29, 1.82) is 0 Å². The second-order valence-electron chi connectivity index (χ2n) is 4.05. The molecule has 0 amide bonds. The number of methoxy groups -OCH3 is 1. The van der Waals surface area contributed by atoms with Crippen molar-refractivity contribution in [2.75, 3.05) is 19.0 Å². The zero-order chi connectivity index (χ0) is 13.7. The van der Waals surface area contributed by atoms with Gasteiger partial charge < -0.3 is 10.1 Å². The van der Waals surface area contributed by atoms with E-state index in [0.717, 1.165) is 23.8 Å². The molecule has 0 aromatic carbocycles. The van der Waals surface area contributed by atoms with Crippen LogP contribution in [-0.2, 0) is 9.53 Å². The van der Waals surface area contributed by atoms with Crippen LogP contribution in [0.25, 0.3) is 10.6 Å². The third-order valence-corrected chi connectivity index (χ3v) is 4.38. The van der Waals surface area contributed by atoms with Crippen molar-refractivity contribution in [2.24, 2.45) is 0 Å². The average molecular weight is 296 g/mol. The van der Waals surface area contributed by atoms with Gasteiger partial charge in [0.15, 0.2) is 5.13 Å². The number of hydrogen-bond acceptors (Lipinski definition) is 6. The topological polar surface area (TPSA) is 51.2 Å². The molecule has 4 nitrogen and oxygen atoms in total. The first-order valence-corrected chi connectivity index (χ1v) is 7.71. The van der Waals surface area contributed by atoms with Crippen molar-refractivity contribution in [3.05, 3.63) is 22.4 Å². The van der Waals surface area contributed by atoms with E-state index in [1.807, 2.05) is 5.38 Å². The quantitative estimate of drug-likeness (QED) is 0.654. The van der Waals surface area contributed by atoms with Crippen molar-refractivity contribution in [2.45, 2.75) is 19.8 Å². The normalized spacial score (nSPS) is 10.4. The van der Waals surface area contributed by atoms with E-state index < -0.39 is 0 Å². The Morgan fingerprint density at radius 3 is 3.00 bits per heavy atom. The second-order valence-corrected chi connectivity index (χ2v) is 6.20. The summed E-state index contributed by atoms with van der Waals surface area (Å²) in [6, 6.07) is 4.19. The number of esters is 1. The van der Waals surface area contributed by atoms with Gasteiger partial charge in [0, 0.05) is 23.2 Å². The Morgan fingerprint density at radius 2 is 2.32 bits per heavy atom. The Balaban J connectivity index is 1.83. The Morgan fingerprint density at radius 1 is 1.47 bits per heavy atom. The molecule has 0 aliphatic carbocycles. The Labute approximate surface area is 120 Å². The summed E-state index contributed by atoms with van der Waals surface area (Å²) < 4.78 is 4.59. The lowest BCUT2D eigenvalue weighted by atomic mass is 10.3. The van der Waals surface area contributed by atoms with E-state index in [1.54, 1.807) is 22.7 Å². The highest BCUT2D eigenvalue weighted by molar-refractivity contribution is 7.16. The number of carbonyl (C=O) groups excluding carboxylic acids is 1. The van der Waals surface area contributed by atoms with Crippen LogP contribution >= 0.6 is 22.7 Å². The fourth-order valence-corrected chi connectivity index (χ4v) is 3.21. The van der Waals surface area contributed by atoms with Crippen molar-refractivity contribution in [3.63, 3.8) is 0 Å². The number of aryl methyl sites for hydroxylation is 1. The molecule has 0 unspecified atom stereocenters. The van der Waals surface area contributed by atoms with Gasteiger partial charge in [-0.2, -0.15) is 0 Å². The van der Waals surface area contributed by atoms with E-state index in [0.29, 0.717) is 6.42 Å². The van der Waals surface area contributed by atoms with Crippen molar-refractivity contribution >= 4 is 33.8 Å². The average Bonchev–Trinajstić information content (AvgIpc) is 3.03. The van der Waals surface area contributed by atoms with Crippen LogP contribution in [0.5, 0.6) is 0 Å². The number of nitrogens with zero attached hydrogens (tertiary/aromatic N) is 1. The highest BCUT2D eigenvalue weighted by atomic mass is 32.1. The molecule has 102 valence electrons. The van der Waals surface area contributed by atoms with E-state index in [9.17, 15) is 4.79 Å². The smallest absolute Gasteiger partial charge is 0.305 e. The maximum Gasteiger partial charge on any atom is 0.305 e. The SMILES string of the molecule is COC(=O)CCCNc1nc(-c2ccc(C)s2)cs1. The molecule has 1 N–H and O–H groups in total. The molecule has 0 aliphatic rings. The maximum absolute atomic E-state index is 11.0. The third kappa shape index (κ3) is 4.04. The minimum absolute atomic E-state index is 0.171. The highest BCUT2D eigenvalue weighted by Crippen LogP contribution is 2.30. The van der Waals surface area contributed by atoms with Gasteiger partial charge >= 0.3 is 5.97 Å². The van der Waals surface area contributed by atoms with Crippen molar-refractivity contribution in [1.82, 2.24) is 4.98 Å². The Bertz CT molecular complexity index is 548. The summed E-state index contributed by atoms with van der Waals surface area (Å²) >= 11 is 3.33. The minimum Gasteiger partial charge on any atom is -0.469 e. The summed E-state index contributed by atoms with van der Waals surface area (Å²) in [7, 11) is 1.41. The first kappa shape index (κ1) is 14.0. The molecule has 2 aromatic rings. The predicted octanol–water partition coefficient (Wildman–Crippen LogP) is 3.55. The van der Waals surface area contributed by atoms with Gasteiger partial charge in [-0.15, -0.1) is 22.7 Å². The fraction of sp³-hybridized carbons (Fsp3) is 0.385. The first-order chi connectivity index (χ1) is 9.19. The molecule has 0 saturated heterocycles. The lowest BCUT2D eigenvalue weighted by molar-refractivity contribution is -0.140. The maximum atomic E-state index is 11.0. The van der Waals surface area contributed by atoms with Crippen LogP contribution in [-0.4, -0.2) is 24.6 Å². The molecule has 0 radical (unpaired) electrons. The van der Waals surface area contributed by atoms with E-state index in [-0.39, 0.29) is 5.97 Å². The van der Waals surface area contributed by atoms with Crippen LogP contribution in [0.3, 0.4) is 0 Å². The molecule has 0 atom stereocenters. The molecule has 2 rings (SSSR count). The zero-order valence-corrected chi connectivity index (χ0v) is 12.6. The summed E-state index contributed by atoms with van der Waals surface area (Å²) in [5.74, 6) is -0.171. The summed E-state index contributed by atoms with van der Waals surface area (Å²) in [5.41, 5.74) is 1.01. The van der Waals surface area contributed by atoms with E-state index in [4.69, 9.17) is 0 Å². The van der Waals surface area contributed by atoms with Crippen LogP contribution in [0.15, 0.2) is 17.5 Å². The van der Waals surface area contributed by atoms with Gasteiger partial charge in [0.2, 0.25) is 0 Å². The molecule has 0 aliphatic heterocycles. The number of thiazole rings is 1. The highest BCUT2D eigenvalue weighted by Gasteiger charge is 2.06. The van der Waals surface area contributed by atoms with Crippen molar-refractivity contribution in [3.8, 4) is 10.6 Å². The minimum atomic E-state index is -0.171. The molecule has 0 bridgehead atoms. The van der Waals surface area contributed by atoms with Crippen LogP contribution in [0.1, 0.15) is 17.7 Å². The van der Waals surface area contributed by atoms with Crippen LogP contribution in [0, 0.1) is 6.92 Å². The number of ether oxygens (including phenoxy) is 1. The van der Waals surface area contributed by atoms with Gasteiger partial charge in [-0.25, -0.2) is 4.98 Å². The van der Waals surface area contributed by atoms with E-state index in [2.05, 4.69) is 34.1 Å². The number of carbonyl (C=O) groups is 1. The number of hydrogen-bond donors (Lipinski definition) is 1. The zero-order valence-electron chi connectivity index (χ0n) is 10.9. The summed E-state index contributed by atoms with van der Waals surface area (Å²) in [6.45, 7) is 2.82. The molecule has 0 fully saturated rings. The monoisotopic (exact) mass is 296 g/mol.